The summed E-state index contributed by atoms with van der Waals surface area (Å²) in [6.07, 6.45) is 0.500. The Bertz CT molecular complexity index is 542. The Balaban J connectivity index is 2.99. The number of carbonyl (C=O) groups excluding carboxylic acids is 1. The molecular weight excluding hydrogens is 270 g/mol. The zero-order chi connectivity index (χ0) is 13.9. The minimum Gasteiger partial charge on any atom is -0.320 e. The Morgan fingerprint density at radius 3 is 2.61 bits per heavy atom. The van der Waals surface area contributed by atoms with Gasteiger partial charge in [0.05, 0.1) is 10.9 Å². The second-order valence-corrected chi connectivity index (χ2v) is 7.46. The smallest absolute Gasteiger partial charge is 0.271 e. The van der Waals surface area contributed by atoms with E-state index in [1.165, 1.54) is 11.3 Å². The summed E-state index contributed by atoms with van der Waals surface area (Å²) in [6.45, 7) is 5.70. The second kappa shape index (κ2) is 5.92. The largest absolute Gasteiger partial charge is 0.320 e. The molecule has 0 fully saturated rings. The average molecular weight is 289 g/mol. The van der Waals surface area contributed by atoms with E-state index in [1.807, 2.05) is 13.8 Å². The predicted octanol–water partition coefficient (Wildman–Crippen LogP) is 1.66. The molecular formula is C11H19N3O2S2. The molecule has 0 aliphatic carbocycles. The van der Waals surface area contributed by atoms with Crippen LogP contribution >= 0.6 is 11.3 Å². The van der Waals surface area contributed by atoms with Crippen molar-refractivity contribution in [2.75, 3.05) is 0 Å². The molecule has 1 amide bonds. The van der Waals surface area contributed by atoms with Gasteiger partial charge in [-0.05, 0) is 30.7 Å². The van der Waals surface area contributed by atoms with Crippen LogP contribution in [0.2, 0.25) is 0 Å². The molecule has 0 saturated carbocycles. The topological polar surface area (TPSA) is 98.5 Å². The van der Waals surface area contributed by atoms with E-state index >= 15 is 0 Å². The Morgan fingerprint density at radius 2 is 2.17 bits per heavy atom. The van der Waals surface area contributed by atoms with Gasteiger partial charge in [0.15, 0.2) is 0 Å². The summed E-state index contributed by atoms with van der Waals surface area (Å²) in [5, 5.41) is 7.41. The zero-order valence-electron chi connectivity index (χ0n) is 10.8. The van der Waals surface area contributed by atoms with Crippen molar-refractivity contribution in [1.29, 1.82) is 0 Å². The van der Waals surface area contributed by atoms with Crippen molar-refractivity contribution in [1.82, 2.24) is 0 Å². The van der Waals surface area contributed by atoms with Crippen molar-refractivity contribution in [3.63, 3.8) is 0 Å². The van der Waals surface area contributed by atoms with Gasteiger partial charge < -0.3 is 5.73 Å². The van der Waals surface area contributed by atoms with Crippen molar-refractivity contribution in [2.45, 2.75) is 38.1 Å². The first-order valence-corrected chi connectivity index (χ1v) is 8.08. The van der Waals surface area contributed by atoms with Crippen LogP contribution in [0, 0.1) is 12.8 Å². The highest BCUT2D eigenvalue weighted by Crippen LogP contribution is 2.20. The number of rotatable bonds is 4. The lowest BCUT2D eigenvalue weighted by atomic mass is 10.0. The number of amides is 1. The third kappa shape index (κ3) is 3.88. The zero-order valence-corrected chi connectivity index (χ0v) is 12.4. The van der Waals surface area contributed by atoms with Gasteiger partial charge in [0.25, 0.3) is 5.91 Å². The van der Waals surface area contributed by atoms with Gasteiger partial charge in [0.1, 0.15) is 9.92 Å². The normalized spacial score (nSPS) is 16.3. The lowest BCUT2D eigenvalue weighted by Gasteiger charge is -2.10. The minimum absolute atomic E-state index is 0.274. The van der Waals surface area contributed by atoms with E-state index in [0.29, 0.717) is 11.3 Å². The van der Waals surface area contributed by atoms with Crippen LogP contribution in [-0.2, 0) is 14.7 Å². The summed E-state index contributed by atoms with van der Waals surface area (Å²) >= 11 is 1.42. The van der Waals surface area contributed by atoms with Gasteiger partial charge in [-0.3, -0.25) is 4.79 Å². The van der Waals surface area contributed by atoms with Crippen LogP contribution in [0.4, 0.5) is 0 Å². The number of thiophene rings is 1. The third-order valence-electron chi connectivity index (χ3n) is 2.39. The summed E-state index contributed by atoms with van der Waals surface area (Å²) in [4.78, 5) is 13.0. The van der Waals surface area contributed by atoms with Gasteiger partial charge in [-0.15, -0.1) is 15.7 Å². The number of nitrogens with two attached hydrogens (primary N) is 2. The molecule has 7 heteroatoms. The molecule has 1 rings (SSSR count). The molecule has 0 saturated heterocycles. The van der Waals surface area contributed by atoms with Gasteiger partial charge >= 0.3 is 0 Å². The second-order valence-electron chi connectivity index (χ2n) is 4.58. The highest BCUT2D eigenvalue weighted by molar-refractivity contribution is 7.92. The fourth-order valence-corrected chi connectivity index (χ4v) is 3.89. The van der Waals surface area contributed by atoms with Crippen molar-refractivity contribution < 1.29 is 9.00 Å². The molecule has 18 heavy (non-hydrogen) atoms. The number of hydrogen-bond donors (Lipinski definition) is 2. The van der Waals surface area contributed by atoms with Crippen LogP contribution in [-0.4, -0.2) is 16.2 Å². The first-order chi connectivity index (χ1) is 8.24. The Kier molecular flexibility index (Phi) is 5.03. The summed E-state index contributed by atoms with van der Waals surface area (Å²) in [6, 6.07) is 0.890. The minimum atomic E-state index is -3.17. The third-order valence-corrected chi connectivity index (χ3v) is 4.89. The molecule has 1 aromatic heterocycles. The number of carbonyl (C=O) groups is 1. The lowest BCUT2D eigenvalue weighted by molar-refractivity contribution is -0.119. The van der Waals surface area contributed by atoms with Gasteiger partial charge in [0.2, 0.25) is 0 Å². The molecule has 0 aliphatic heterocycles. The summed E-state index contributed by atoms with van der Waals surface area (Å²) in [5.74, 6) is -0.322. The fraction of sp³-hybridized carbons (Fsp3) is 0.545. The van der Waals surface area contributed by atoms with Gasteiger partial charge in [-0.2, -0.15) is 0 Å². The van der Waals surface area contributed by atoms with Crippen LogP contribution in [0.3, 0.4) is 0 Å². The van der Waals surface area contributed by atoms with E-state index in [0.717, 1.165) is 4.88 Å². The van der Waals surface area contributed by atoms with Crippen LogP contribution < -0.4 is 10.9 Å². The van der Waals surface area contributed by atoms with Crippen LogP contribution in [0.1, 0.15) is 25.1 Å². The first-order valence-electron chi connectivity index (χ1n) is 5.62. The number of aryl methyl sites for hydroxylation is 1. The van der Waals surface area contributed by atoms with E-state index in [2.05, 4.69) is 4.36 Å². The Labute approximate surface area is 112 Å². The molecule has 2 atom stereocenters. The van der Waals surface area contributed by atoms with Crippen molar-refractivity contribution in [2.24, 2.45) is 21.2 Å². The van der Waals surface area contributed by atoms with Crippen molar-refractivity contribution in [3.8, 4) is 0 Å². The predicted molar refractivity (Wildman–Crippen MR) is 74.5 cm³/mol. The van der Waals surface area contributed by atoms with E-state index in [-0.39, 0.29) is 5.92 Å². The van der Waals surface area contributed by atoms with E-state index in [4.69, 9.17) is 10.9 Å². The highest BCUT2D eigenvalue weighted by atomic mass is 32.2. The molecule has 1 unspecified atom stereocenters. The summed E-state index contributed by atoms with van der Waals surface area (Å²) in [7, 11) is -3.17. The molecule has 0 spiro atoms. The quantitative estimate of drug-likeness (QED) is 0.881. The maximum atomic E-state index is 12.2. The molecule has 102 valence electrons. The van der Waals surface area contributed by atoms with Crippen LogP contribution in [0.5, 0.6) is 0 Å². The van der Waals surface area contributed by atoms with E-state index in [1.54, 1.807) is 18.4 Å². The SMILES string of the molecule is Cc1sccc1S(N)(=O)=NC(=O)[C@@H](N)CC(C)C. The molecule has 0 aromatic carbocycles. The van der Waals surface area contributed by atoms with E-state index in [9.17, 15) is 9.00 Å². The molecule has 5 nitrogen and oxygen atoms in total. The van der Waals surface area contributed by atoms with Crippen molar-refractivity contribution in [3.05, 3.63) is 16.3 Å². The van der Waals surface area contributed by atoms with Crippen molar-refractivity contribution >= 4 is 27.2 Å². The molecule has 1 heterocycles. The Hall–Kier alpha value is -0.760. The molecule has 0 radical (unpaired) electrons. The first kappa shape index (κ1) is 15.3. The lowest BCUT2D eigenvalue weighted by Crippen LogP contribution is -2.32. The standard InChI is InChI=1S/C11H19N3O2S2/c1-7(2)6-9(12)11(15)14-18(13,16)10-4-5-17-8(10)3/h4-5,7,9H,6,12H2,1-3H3,(H2,13,14,15,16)/t9-,18?/m0/s1. The molecule has 1 aromatic rings. The number of nitrogens with zero attached hydrogens (tertiary/aromatic N) is 1. The highest BCUT2D eigenvalue weighted by Gasteiger charge is 2.19. The van der Waals surface area contributed by atoms with Gasteiger partial charge in [-0.25, -0.2) is 9.35 Å². The van der Waals surface area contributed by atoms with Gasteiger partial charge in [-0.1, -0.05) is 13.8 Å². The maximum absolute atomic E-state index is 12.2. The molecule has 4 N–H and O–H groups in total. The van der Waals surface area contributed by atoms with Crippen LogP contribution in [0.25, 0.3) is 0 Å². The van der Waals surface area contributed by atoms with Crippen LogP contribution in [0.15, 0.2) is 20.7 Å². The number of hydrogen-bond acceptors (Lipinski definition) is 4. The average Bonchev–Trinajstić information content (AvgIpc) is 2.63. The summed E-state index contributed by atoms with van der Waals surface area (Å²) < 4.78 is 15.8. The summed E-state index contributed by atoms with van der Waals surface area (Å²) in [5.41, 5.74) is 5.69. The Morgan fingerprint density at radius 1 is 1.56 bits per heavy atom. The van der Waals surface area contributed by atoms with E-state index < -0.39 is 21.9 Å². The van der Waals surface area contributed by atoms with Gasteiger partial charge in [0, 0.05) is 4.88 Å². The monoisotopic (exact) mass is 289 g/mol. The fourth-order valence-electron chi connectivity index (χ4n) is 1.54. The maximum Gasteiger partial charge on any atom is 0.271 e. The molecule has 0 aliphatic rings. The molecule has 0 bridgehead atoms.